The summed E-state index contributed by atoms with van der Waals surface area (Å²) in [6.45, 7) is 6.99. The van der Waals surface area contributed by atoms with E-state index >= 15 is 0 Å². The van der Waals surface area contributed by atoms with E-state index in [1.54, 1.807) is 0 Å². The van der Waals surface area contributed by atoms with Crippen molar-refractivity contribution >= 4 is 5.91 Å². The molecule has 1 aromatic rings. The van der Waals surface area contributed by atoms with Crippen molar-refractivity contribution in [2.75, 3.05) is 19.6 Å². The molecule has 1 aromatic carbocycles. The molecule has 3 heteroatoms. The number of amides is 1. The molecule has 1 N–H and O–H groups in total. The topological polar surface area (TPSA) is 32.3 Å². The highest BCUT2D eigenvalue weighted by atomic mass is 16.2. The Kier molecular flexibility index (Phi) is 5.60. The van der Waals surface area contributed by atoms with Crippen LogP contribution in [0, 0.1) is 0 Å². The number of nitrogens with zero attached hydrogens (tertiary/aromatic N) is 1. The van der Waals surface area contributed by atoms with Gasteiger partial charge >= 0.3 is 0 Å². The van der Waals surface area contributed by atoms with Crippen molar-refractivity contribution in [3.8, 4) is 0 Å². The Morgan fingerprint density at radius 2 is 2.15 bits per heavy atom. The molecule has 2 atom stereocenters. The van der Waals surface area contributed by atoms with E-state index in [-0.39, 0.29) is 11.8 Å². The van der Waals surface area contributed by atoms with Crippen molar-refractivity contribution in [1.82, 2.24) is 10.2 Å². The van der Waals surface area contributed by atoms with Gasteiger partial charge in [0.05, 0.1) is 5.92 Å². The number of rotatable bonds is 5. The quantitative estimate of drug-likeness (QED) is 0.895. The van der Waals surface area contributed by atoms with Crippen LogP contribution >= 0.6 is 0 Å². The third-order valence-corrected chi connectivity index (χ3v) is 4.09. The van der Waals surface area contributed by atoms with E-state index < -0.39 is 0 Å². The highest BCUT2D eigenvalue weighted by Gasteiger charge is 2.26. The van der Waals surface area contributed by atoms with Gasteiger partial charge in [0.15, 0.2) is 0 Å². The van der Waals surface area contributed by atoms with Gasteiger partial charge in [-0.15, -0.1) is 0 Å². The van der Waals surface area contributed by atoms with Gasteiger partial charge in [-0.3, -0.25) is 4.79 Å². The standard InChI is InChI=1S/C17H26N2O/c1-3-11-18-16-10-7-12-19(13-16)17(20)14(2)15-8-5-4-6-9-15/h4-6,8-9,14,16,18H,3,7,10-13H2,1-2H3. The lowest BCUT2D eigenvalue weighted by Gasteiger charge is -2.35. The Labute approximate surface area is 122 Å². The van der Waals surface area contributed by atoms with Crippen molar-refractivity contribution < 1.29 is 4.79 Å². The zero-order valence-electron chi connectivity index (χ0n) is 12.6. The minimum atomic E-state index is -0.0406. The van der Waals surface area contributed by atoms with E-state index in [1.165, 1.54) is 6.42 Å². The van der Waals surface area contributed by atoms with Gasteiger partial charge in [-0.2, -0.15) is 0 Å². The number of carbonyl (C=O) groups is 1. The SMILES string of the molecule is CCCNC1CCCN(C(=O)C(C)c2ccccc2)C1. The zero-order chi connectivity index (χ0) is 14.4. The molecule has 1 saturated heterocycles. The molecule has 1 aliphatic rings. The second kappa shape index (κ2) is 7.44. The van der Waals surface area contributed by atoms with Crippen LogP contribution in [0.25, 0.3) is 0 Å². The summed E-state index contributed by atoms with van der Waals surface area (Å²) in [7, 11) is 0. The lowest BCUT2D eigenvalue weighted by molar-refractivity contribution is -0.133. The molecule has 2 unspecified atom stereocenters. The van der Waals surface area contributed by atoms with E-state index in [4.69, 9.17) is 0 Å². The first-order valence-electron chi connectivity index (χ1n) is 7.79. The van der Waals surface area contributed by atoms with Crippen molar-refractivity contribution in [3.05, 3.63) is 35.9 Å². The Morgan fingerprint density at radius 3 is 2.85 bits per heavy atom. The Morgan fingerprint density at radius 1 is 1.40 bits per heavy atom. The van der Waals surface area contributed by atoms with Crippen molar-refractivity contribution in [2.45, 2.75) is 45.1 Å². The normalized spacial score (nSPS) is 20.7. The predicted molar refractivity (Wildman–Crippen MR) is 82.8 cm³/mol. The Balaban J connectivity index is 1.94. The smallest absolute Gasteiger partial charge is 0.229 e. The van der Waals surface area contributed by atoms with Gasteiger partial charge in [-0.1, -0.05) is 37.3 Å². The first kappa shape index (κ1) is 15.0. The van der Waals surface area contributed by atoms with E-state index in [1.807, 2.05) is 42.2 Å². The maximum absolute atomic E-state index is 12.6. The molecule has 0 saturated carbocycles. The minimum absolute atomic E-state index is 0.0406. The van der Waals surface area contributed by atoms with Crippen LogP contribution in [-0.4, -0.2) is 36.5 Å². The van der Waals surface area contributed by atoms with Gasteiger partial charge in [0.2, 0.25) is 5.91 Å². The second-order valence-corrected chi connectivity index (χ2v) is 5.71. The van der Waals surface area contributed by atoms with Crippen LogP contribution in [0.3, 0.4) is 0 Å². The van der Waals surface area contributed by atoms with Gasteiger partial charge in [0.25, 0.3) is 0 Å². The van der Waals surface area contributed by atoms with Gasteiger partial charge in [-0.25, -0.2) is 0 Å². The number of benzene rings is 1. The highest BCUT2D eigenvalue weighted by Crippen LogP contribution is 2.20. The largest absolute Gasteiger partial charge is 0.341 e. The van der Waals surface area contributed by atoms with Crippen LogP contribution in [0.2, 0.25) is 0 Å². The van der Waals surface area contributed by atoms with E-state index in [0.29, 0.717) is 6.04 Å². The number of hydrogen-bond acceptors (Lipinski definition) is 2. The van der Waals surface area contributed by atoms with Gasteiger partial charge < -0.3 is 10.2 Å². The van der Waals surface area contributed by atoms with Gasteiger partial charge in [0, 0.05) is 19.1 Å². The summed E-state index contributed by atoms with van der Waals surface area (Å²) in [5, 5.41) is 3.54. The Bertz CT molecular complexity index is 418. The fraction of sp³-hybridized carbons (Fsp3) is 0.588. The molecule has 1 heterocycles. The summed E-state index contributed by atoms with van der Waals surface area (Å²) >= 11 is 0. The molecule has 2 rings (SSSR count). The molecule has 1 amide bonds. The van der Waals surface area contributed by atoms with Gasteiger partial charge in [-0.05, 0) is 38.3 Å². The molecular weight excluding hydrogens is 248 g/mol. The zero-order valence-corrected chi connectivity index (χ0v) is 12.6. The molecule has 110 valence electrons. The molecule has 0 radical (unpaired) electrons. The molecule has 0 aromatic heterocycles. The summed E-state index contributed by atoms with van der Waals surface area (Å²) in [5.74, 6) is 0.223. The maximum atomic E-state index is 12.6. The molecule has 1 fully saturated rings. The summed E-state index contributed by atoms with van der Waals surface area (Å²) in [6.07, 6.45) is 3.43. The fourth-order valence-electron chi connectivity index (χ4n) is 2.85. The van der Waals surface area contributed by atoms with Crippen LogP contribution in [0.1, 0.15) is 44.6 Å². The van der Waals surface area contributed by atoms with E-state index in [9.17, 15) is 4.79 Å². The first-order chi connectivity index (χ1) is 9.72. The molecule has 0 spiro atoms. The number of piperidine rings is 1. The lowest BCUT2D eigenvalue weighted by atomic mass is 9.97. The third-order valence-electron chi connectivity index (χ3n) is 4.09. The highest BCUT2D eigenvalue weighted by molar-refractivity contribution is 5.83. The summed E-state index contributed by atoms with van der Waals surface area (Å²) in [5.41, 5.74) is 1.11. The summed E-state index contributed by atoms with van der Waals surface area (Å²) in [6, 6.07) is 10.5. The molecule has 0 aliphatic carbocycles. The molecule has 20 heavy (non-hydrogen) atoms. The predicted octanol–water partition coefficient (Wildman–Crippen LogP) is 2.78. The van der Waals surface area contributed by atoms with Crippen LogP contribution in [0.15, 0.2) is 30.3 Å². The first-order valence-corrected chi connectivity index (χ1v) is 7.79. The van der Waals surface area contributed by atoms with Crippen molar-refractivity contribution in [3.63, 3.8) is 0 Å². The number of hydrogen-bond donors (Lipinski definition) is 1. The van der Waals surface area contributed by atoms with Crippen LogP contribution in [-0.2, 0) is 4.79 Å². The minimum Gasteiger partial charge on any atom is -0.341 e. The average Bonchev–Trinajstić information content (AvgIpc) is 2.52. The number of carbonyl (C=O) groups excluding carboxylic acids is 1. The van der Waals surface area contributed by atoms with Gasteiger partial charge in [0.1, 0.15) is 0 Å². The molecule has 3 nitrogen and oxygen atoms in total. The van der Waals surface area contributed by atoms with Crippen molar-refractivity contribution in [2.24, 2.45) is 0 Å². The molecule has 1 aliphatic heterocycles. The maximum Gasteiger partial charge on any atom is 0.229 e. The fourth-order valence-corrected chi connectivity index (χ4v) is 2.85. The third kappa shape index (κ3) is 3.83. The molecule has 0 bridgehead atoms. The van der Waals surface area contributed by atoms with Crippen molar-refractivity contribution in [1.29, 1.82) is 0 Å². The second-order valence-electron chi connectivity index (χ2n) is 5.71. The van der Waals surface area contributed by atoms with E-state index in [0.717, 1.165) is 38.0 Å². The summed E-state index contributed by atoms with van der Waals surface area (Å²) < 4.78 is 0. The summed E-state index contributed by atoms with van der Waals surface area (Å²) in [4.78, 5) is 14.7. The van der Waals surface area contributed by atoms with Crippen LogP contribution < -0.4 is 5.32 Å². The Hall–Kier alpha value is -1.35. The van der Waals surface area contributed by atoms with E-state index in [2.05, 4.69) is 12.2 Å². The number of nitrogens with one attached hydrogen (secondary N) is 1. The molecular formula is C17H26N2O. The van der Waals surface area contributed by atoms with Crippen LogP contribution in [0.4, 0.5) is 0 Å². The number of likely N-dealkylation sites (tertiary alicyclic amines) is 1. The monoisotopic (exact) mass is 274 g/mol. The lowest BCUT2D eigenvalue weighted by Crippen LogP contribution is -2.49. The van der Waals surface area contributed by atoms with Crippen LogP contribution in [0.5, 0.6) is 0 Å². The average molecular weight is 274 g/mol.